The summed E-state index contributed by atoms with van der Waals surface area (Å²) in [7, 11) is 0. The van der Waals surface area contributed by atoms with Crippen molar-refractivity contribution in [3.05, 3.63) is 53.9 Å². The van der Waals surface area contributed by atoms with E-state index in [0.29, 0.717) is 19.5 Å². The normalized spacial score (nSPS) is 19.9. The molecule has 2 atom stereocenters. The number of H-pyrrole nitrogens is 1. The topological polar surface area (TPSA) is 87.3 Å². The minimum atomic E-state index is -0.631. The average molecular weight is 388 g/mol. The SMILES string of the molecule is CC(C)(C)OC(=O)N[C@@H]1CN(C(=O)c2ncc[nH]2)CC[C@H]1c1ccc(F)cc1. The molecule has 1 aromatic carbocycles. The Morgan fingerprint density at radius 1 is 1.29 bits per heavy atom. The lowest BCUT2D eigenvalue weighted by molar-refractivity contribution is 0.0433. The van der Waals surface area contributed by atoms with Gasteiger partial charge >= 0.3 is 6.09 Å². The van der Waals surface area contributed by atoms with Crippen LogP contribution in [0.15, 0.2) is 36.7 Å². The van der Waals surface area contributed by atoms with Crippen molar-refractivity contribution in [2.45, 2.75) is 44.8 Å². The zero-order valence-electron chi connectivity index (χ0n) is 16.2. The average Bonchev–Trinajstić information content (AvgIpc) is 3.15. The Hall–Kier alpha value is -2.90. The van der Waals surface area contributed by atoms with Crippen molar-refractivity contribution in [1.29, 1.82) is 0 Å². The molecule has 2 aromatic rings. The third kappa shape index (κ3) is 4.88. The van der Waals surface area contributed by atoms with E-state index in [1.165, 1.54) is 18.3 Å². The maximum Gasteiger partial charge on any atom is 0.407 e. The number of imidazole rings is 1. The van der Waals surface area contributed by atoms with E-state index in [1.807, 2.05) is 0 Å². The lowest BCUT2D eigenvalue weighted by Gasteiger charge is -2.39. The van der Waals surface area contributed by atoms with Gasteiger partial charge in [-0.1, -0.05) is 12.1 Å². The molecule has 0 spiro atoms. The molecule has 1 aliphatic rings. The quantitative estimate of drug-likeness (QED) is 0.846. The van der Waals surface area contributed by atoms with Crippen molar-refractivity contribution < 1.29 is 18.7 Å². The first-order valence-electron chi connectivity index (χ1n) is 9.26. The zero-order valence-corrected chi connectivity index (χ0v) is 16.2. The van der Waals surface area contributed by atoms with Gasteiger partial charge in [0.15, 0.2) is 5.82 Å². The summed E-state index contributed by atoms with van der Waals surface area (Å²) < 4.78 is 18.7. The molecule has 0 bridgehead atoms. The molecule has 2 heterocycles. The van der Waals surface area contributed by atoms with Gasteiger partial charge in [-0.2, -0.15) is 0 Å². The predicted molar refractivity (Wildman–Crippen MR) is 101 cm³/mol. The molecule has 1 aliphatic heterocycles. The minimum Gasteiger partial charge on any atom is -0.444 e. The molecular formula is C20H25FN4O3. The Labute approximate surface area is 163 Å². The molecule has 1 saturated heterocycles. The van der Waals surface area contributed by atoms with Crippen molar-refractivity contribution >= 4 is 12.0 Å². The number of carbonyl (C=O) groups excluding carboxylic acids is 2. The van der Waals surface area contributed by atoms with E-state index in [1.54, 1.807) is 44.0 Å². The molecular weight excluding hydrogens is 363 g/mol. The summed E-state index contributed by atoms with van der Waals surface area (Å²) in [4.78, 5) is 33.5. The third-order valence-corrected chi connectivity index (χ3v) is 4.60. The van der Waals surface area contributed by atoms with Crippen LogP contribution in [0.2, 0.25) is 0 Å². The van der Waals surface area contributed by atoms with Crippen LogP contribution >= 0.6 is 0 Å². The van der Waals surface area contributed by atoms with E-state index in [9.17, 15) is 14.0 Å². The van der Waals surface area contributed by atoms with E-state index in [2.05, 4.69) is 15.3 Å². The van der Waals surface area contributed by atoms with Crippen LogP contribution < -0.4 is 5.32 Å². The number of alkyl carbamates (subject to hydrolysis) is 1. The fourth-order valence-corrected chi connectivity index (χ4v) is 3.38. The van der Waals surface area contributed by atoms with Crippen molar-refractivity contribution in [1.82, 2.24) is 20.2 Å². The lowest BCUT2D eigenvalue weighted by Crippen LogP contribution is -2.54. The lowest BCUT2D eigenvalue weighted by atomic mass is 9.85. The number of amides is 2. The van der Waals surface area contributed by atoms with Crippen molar-refractivity contribution in [3.8, 4) is 0 Å². The van der Waals surface area contributed by atoms with Gasteiger partial charge in [0.25, 0.3) is 5.91 Å². The van der Waals surface area contributed by atoms with E-state index < -0.39 is 11.7 Å². The number of nitrogens with zero attached hydrogens (tertiary/aromatic N) is 2. The number of hydrogen-bond donors (Lipinski definition) is 2. The molecule has 7 nitrogen and oxygen atoms in total. The number of aromatic amines is 1. The Morgan fingerprint density at radius 3 is 2.61 bits per heavy atom. The number of likely N-dealkylation sites (tertiary alicyclic amines) is 1. The maximum absolute atomic E-state index is 13.3. The molecule has 8 heteroatoms. The van der Waals surface area contributed by atoms with Gasteiger partial charge in [-0.3, -0.25) is 4.79 Å². The number of hydrogen-bond acceptors (Lipinski definition) is 4. The maximum atomic E-state index is 13.3. The van der Waals surface area contributed by atoms with Crippen LogP contribution in [-0.2, 0) is 4.74 Å². The number of aromatic nitrogens is 2. The van der Waals surface area contributed by atoms with Gasteiger partial charge in [0.2, 0.25) is 0 Å². The van der Waals surface area contributed by atoms with Gasteiger partial charge in [-0.05, 0) is 44.9 Å². The third-order valence-electron chi connectivity index (χ3n) is 4.60. The molecule has 0 saturated carbocycles. The molecule has 0 aliphatic carbocycles. The monoisotopic (exact) mass is 388 g/mol. The van der Waals surface area contributed by atoms with Gasteiger partial charge in [0.05, 0.1) is 6.04 Å². The molecule has 0 radical (unpaired) electrons. The van der Waals surface area contributed by atoms with Gasteiger partial charge in [-0.25, -0.2) is 14.2 Å². The van der Waals surface area contributed by atoms with Crippen molar-refractivity contribution in [2.75, 3.05) is 13.1 Å². The van der Waals surface area contributed by atoms with Gasteiger partial charge in [-0.15, -0.1) is 0 Å². The highest BCUT2D eigenvalue weighted by molar-refractivity contribution is 5.90. The van der Waals surface area contributed by atoms with Crippen LogP contribution in [0.25, 0.3) is 0 Å². The number of carbonyl (C=O) groups is 2. The van der Waals surface area contributed by atoms with Crippen LogP contribution in [0.5, 0.6) is 0 Å². The summed E-state index contributed by atoms with van der Waals surface area (Å²) >= 11 is 0. The van der Waals surface area contributed by atoms with Crippen LogP contribution in [0.1, 0.15) is 49.3 Å². The molecule has 0 unspecified atom stereocenters. The predicted octanol–water partition coefficient (Wildman–Crippen LogP) is 3.07. The first kappa shape index (κ1) is 19.9. The standard InChI is InChI=1S/C20H25FN4O3/c1-20(2,3)28-19(27)24-16-12-25(18(26)17-22-9-10-23-17)11-8-15(16)13-4-6-14(21)7-5-13/h4-7,9-10,15-16H,8,11-12H2,1-3H3,(H,22,23)(H,24,27)/t15-,16+/m0/s1. The molecule has 1 fully saturated rings. The summed E-state index contributed by atoms with van der Waals surface area (Å²) in [6.07, 6.45) is 3.19. The molecule has 28 heavy (non-hydrogen) atoms. The fraction of sp³-hybridized carbons (Fsp3) is 0.450. The molecule has 2 amide bonds. The molecule has 1 aromatic heterocycles. The Balaban J connectivity index is 1.79. The van der Waals surface area contributed by atoms with E-state index >= 15 is 0 Å². The first-order chi connectivity index (χ1) is 13.2. The smallest absolute Gasteiger partial charge is 0.407 e. The molecule has 2 N–H and O–H groups in total. The summed E-state index contributed by atoms with van der Waals surface area (Å²) in [5, 5.41) is 2.89. The van der Waals surface area contributed by atoms with Gasteiger partial charge < -0.3 is 19.9 Å². The Bertz CT molecular complexity index is 815. The first-order valence-corrected chi connectivity index (χ1v) is 9.26. The summed E-state index contributed by atoms with van der Waals surface area (Å²) in [5.41, 5.74) is 0.279. The van der Waals surface area contributed by atoms with Crippen molar-refractivity contribution in [2.24, 2.45) is 0 Å². The number of benzene rings is 1. The van der Waals surface area contributed by atoms with Crippen LogP contribution in [0.3, 0.4) is 0 Å². The summed E-state index contributed by atoms with van der Waals surface area (Å²) in [6, 6.07) is 5.87. The second-order valence-electron chi connectivity index (χ2n) is 7.89. The Kier molecular flexibility index (Phi) is 5.67. The van der Waals surface area contributed by atoms with Crippen molar-refractivity contribution in [3.63, 3.8) is 0 Å². The number of halogens is 1. The highest BCUT2D eigenvalue weighted by Crippen LogP contribution is 2.29. The second-order valence-corrected chi connectivity index (χ2v) is 7.89. The number of rotatable bonds is 3. The summed E-state index contributed by atoms with van der Waals surface area (Å²) in [6.45, 7) is 6.18. The molecule has 3 rings (SSSR count). The van der Waals surface area contributed by atoms with E-state index in [4.69, 9.17) is 4.74 Å². The highest BCUT2D eigenvalue weighted by atomic mass is 19.1. The van der Waals surface area contributed by atoms with Crippen LogP contribution in [0.4, 0.5) is 9.18 Å². The van der Waals surface area contributed by atoms with Crippen LogP contribution in [0, 0.1) is 5.82 Å². The van der Waals surface area contributed by atoms with E-state index in [0.717, 1.165) is 5.56 Å². The summed E-state index contributed by atoms with van der Waals surface area (Å²) in [5.74, 6) is -0.339. The van der Waals surface area contributed by atoms with Gasteiger partial charge in [0, 0.05) is 31.4 Å². The van der Waals surface area contributed by atoms with Crippen LogP contribution in [-0.4, -0.2) is 51.6 Å². The van der Waals surface area contributed by atoms with E-state index in [-0.39, 0.29) is 29.5 Å². The number of ether oxygens (including phenoxy) is 1. The molecule has 150 valence electrons. The number of piperidine rings is 1. The minimum absolute atomic E-state index is 0.0613. The zero-order chi connectivity index (χ0) is 20.3. The fourth-order valence-electron chi connectivity index (χ4n) is 3.38. The van der Waals surface area contributed by atoms with Gasteiger partial charge in [0.1, 0.15) is 11.4 Å². The second kappa shape index (κ2) is 8.00. The number of nitrogens with one attached hydrogen (secondary N) is 2. The Morgan fingerprint density at radius 2 is 2.00 bits per heavy atom. The highest BCUT2D eigenvalue weighted by Gasteiger charge is 2.35. The largest absolute Gasteiger partial charge is 0.444 e.